The third kappa shape index (κ3) is 5.04. The number of phenolic OH excluding ortho intramolecular Hbond substituents is 1. The molecular formula is C25H26FNO2. The molecule has 0 aliphatic carbocycles. The lowest BCUT2D eigenvalue weighted by Gasteiger charge is -2.17. The molecule has 0 amide bonds. The Morgan fingerprint density at radius 3 is 2.24 bits per heavy atom. The highest BCUT2D eigenvalue weighted by molar-refractivity contribution is 5.98. The molecule has 2 N–H and O–H groups in total. The van der Waals surface area contributed by atoms with Gasteiger partial charge in [0.2, 0.25) is 0 Å². The standard InChI is InChI=1S/C25H26FNO2/c1-3-22(18-7-5-4-6-8-18)25(20-11-14-24(28)23(26)17-20)19-9-12-21(13-10-19)29-16-15-27-2/h4-14,17,27-28H,3,15-16H2,1-2H3. The molecular weight excluding hydrogens is 365 g/mol. The van der Waals surface area contributed by atoms with E-state index in [4.69, 9.17) is 4.74 Å². The summed E-state index contributed by atoms with van der Waals surface area (Å²) in [7, 11) is 1.89. The van der Waals surface area contributed by atoms with Crippen LogP contribution in [0.1, 0.15) is 30.0 Å². The van der Waals surface area contributed by atoms with E-state index >= 15 is 0 Å². The fraction of sp³-hybridized carbons (Fsp3) is 0.200. The van der Waals surface area contributed by atoms with Crippen LogP contribution in [0.15, 0.2) is 72.8 Å². The summed E-state index contributed by atoms with van der Waals surface area (Å²) in [6.45, 7) is 3.45. The van der Waals surface area contributed by atoms with Gasteiger partial charge in [0.15, 0.2) is 11.6 Å². The number of likely N-dealkylation sites (N-methyl/N-ethyl adjacent to an activating group) is 1. The zero-order valence-electron chi connectivity index (χ0n) is 16.8. The van der Waals surface area contributed by atoms with Gasteiger partial charge < -0.3 is 15.2 Å². The second-order valence-corrected chi connectivity index (χ2v) is 6.72. The number of benzene rings is 3. The predicted octanol–water partition coefficient (Wildman–Crippen LogP) is 5.50. The number of rotatable bonds is 8. The van der Waals surface area contributed by atoms with E-state index in [1.54, 1.807) is 6.07 Å². The highest BCUT2D eigenvalue weighted by Crippen LogP contribution is 2.36. The summed E-state index contributed by atoms with van der Waals surface area (Å²) in [6, 6.07) is 22.5. The van der Waals surface area contributed by atoms with Crippen LogP contribution in [0.2, 0.25) is 0 Å². The van der Waals surface area contributed by atoms with Crippen LogP contribution < -0.4 is 10.1 Å². The number of phenols is 1. The SMILES string of the molecule is CCC(=C(c1ccc(OCCNC)cc1)c1ccc(O)c(F)c1)c1ccccc1. The Labute approximate surface area is 171 Å². The summed E-state index contributed by atoms with van der Waals surface area (Å²) in [6.07, 6.45) is 0.780. The smallest absolute Gasteiger partial charge is 0.165 e. The first kappa shape index (κ1) is 20.6. The maximum atomic E-state index is 14.2. The number of nitrogens with one attached hydrogen (secondary N) is 1. The third-order valence-corrected chi connectivity index (χ3v) is 4.78. The van der Waals surface area contributed by atoms with Crippen molar-refractivity contribution in [3.63, 3.8) is 0 Å². The van der Waals surface area contributed by atoms with Crippen molar-refractivity contribution in [3.8, 4) is 11.5 Å². The zero-order valence-corrected chi connectivity index (χ0v) is 16.8. The van der Waals surface area contributed by atoms with E-state index in [9.17, 15) is 9.50 Å². The van der Waals surface area contributed by atoms with E-state index in [1.807, 2.05) is 49.5 Å². The quantitative estimate of drug-likeness (QED) is 0.394. The first-order chi connectivity index (χ1) is 14.1. The molecule has 4 heteroatoms. The Balaban J connectivity index is 2.10. The maximum absolute atomic E-state index is 14.2. The van der Waals surface area contributed by atoms with Crippen LogP contribution in [0.4, 0.5) is 4.39 Å². The van der Waals surface area contributed by atoms with Crippen molar-refractivity contribution in [2.24, 2.45) is 0 Å². The number of allylic oxidation sites excluding steroid dienone is 1. The molecule has 0 fully saturated rings. The van der Waals surface area contributed by atoms with Gasteiger partial charge in [0.1, 0.15) is 12.4 Å². The van der Waals surface area contributed by atoms with Crippen molar-refractivity contribution in [2.45, 2.75) is 13.3 Å². The average molecular weight is 391 g/mol. The van der Waals surface area contributed by atoms with Crippen LogP contribution >= 0.6 is 0 Å². The van der Waals surface area contributed by atoms with Crippen molar-refractivity contribution in [2.75, 3.05) is 20.2 Å². The number of hydrogen-bond donors (Lipinski definition) is 2. The number of halogens is 1. The molecule has 29 heavy (non-hydrogen) atoms. The zero-order chi connectivity index (χ0) is 20.6. The Morgan fingerprint density at radius 1 is 0.931 bits per heavy atom. The van der Waals surface area contributed by atoms with Crippen molar-refractivity contribution in [1.82, 2.24) is 5.32 Å². The van der Waals surface area contributed by atoms with Crippen molar-refractivity contribution < 1.29 is 14.2 Å². The number of aromatic hydroxyl groups is 1. The molecule has 0 aliphatic heterocycles. The van der Waals surface area contributed by atoms with E-state index in [0.29, 0.717) is 6.61 Å². The fourth-order valence-electron chi connectivity index (χ4n) is 3.33. The molecule has 0 saturated heterocycles. The topological polar surface area (TPSA) is 41.5 Å². The molecule has 150 valence electrons. The number of ether oxygens (including phenoxy) is 1. The summed E-state index contributed by atoms with van der Waals surface area (Å²) in [5.41, 5.74) is 4.84. The van der Waals surface area contributed by atoms with Crippen LogP contribution in [0, 0.1) is 5.82 Å². The first-order valence-corrected chi connectivity index (χ1v) is 9.79. The molecule has 3 aromatic carbocycles. The lowest BCUT2D eigenvalue weighted by Crippen LogP contribution is -2.15. The maximum Gasteiger partial charge on any atom is 0.165 e. The Hall–Kier alpha value is -3.11. The molecule has 0 aromatic heterocycles. The van der Waals surface area contributed by atoms with Crippen LogP contribution in [0.3, 0.4) is 0 Å². The van der Waals surface area contributed by atoms with Crippen LogP contribution in [0.25, 0.3) is 11.1 Å². The molecule has 3 nitrogen and oxygen atoms in total. The van der Waals surface area contributed by atoms with Gasteiger partial charge in [-0.1, -0.05) is 55.5 Å². The molecule has 0 atom stereocenters. The Bertz CT molecular complexity index is 966. The van der Waals surface area contributed by atoms with Gasteiger partial charge in [0.25, 0.3) is 0 Å². The van der Waals surface area contributed by atoms with E-state index in [1.165, 1.54) is 12.1 Å². The second-order valence-electron chi connectivity index (χ2n) is 6.72. The minimum atomic E-state index is -0.629. The van der Waals surface area contributed by atoms with Gasteiger partial charge in [-0.05, 0) is 65.6 Å². The van der Waals surface area contributed by atoms with Gasteiger partial charge in [-0.2, -0.15) is 0 Å². The van der Waals surface area contributed by atoms with Crippen molar-refractivity contribution in [1.29, 1.82) is 0 Å². The Morgan fingerprint density at radius 2 is 1.62 bits per heavy atom. The van der Waals surface area contributed by atoms with Gasteiger partial charge in [-0.15, -0.1) is 0 Å². The summed E-state index contributed by atoms with van der Waals surface area (Å²) >= 11 is 0. The summed E-state index contributed by atoms with van der Waals surface area (Å²) < 4.78 is 19.9. The summed E-state index contributed by atoms with van der Waals surface area (Å²) in [4.78, 5) is 0. The van der Waals surface area contributed by atoms with Crippen LogP contribution in [0.5, 0.6) is 11.5 Å². The average Bonchev–Trinajstić information content (AvgIpc) is 2.75. The normalized spacial score (nSPS) is 11.8. The molecule has 0 spiro atoms. The van der Waals surface area contributed by atoms with Gasteiger partial charge >= 0.3 is 0 Å². The molecule has 0 aliphatic rings. The van der Waals surface area contributed by atoms with E-state index in [-0.39, 0.29) is 5.75 Å². The van der Waals surface area contributed by atoms with Crippen molar-refractivity contribution >= 4 is 11.1 Å². The molecule has 0 heterocycles. The van der Waals surface area contributed by atoms with E-state index in [2.05, 4.69) is 24.4 Å². The summed E-state index contributed by atoms with van der Waals surface area (Å²) in [5, 5.41) is 12.7. The molecule has 0 saturated carbocycles. The van der Waals surface area contributed by atoms with Gasteiger partial charge in [-0.25, -0.2) is 4.39 Å². The molecule has 0 radical (unpaired) electrons. The molecule has 3 aromatic rings. The second kappa shape index (κ2) is 9.89. The lowest BCUT2D eigenvalue weighted by atomic mass is 9.88. The highest BCUT2D eigenvalue weighted by Gasteiger charge is 2.15. The van der Waals surface area contributed by atoms with E-state index in [0.717, 1.165) is 46.6 Å². The minimum Gasteiger partial charge on any atom is -0.505 e. The molecule has 3 rings (SSSR count). The third-order valence-electron chi connectivity index (χ3n) is 4.78. The van der Waals surface area contributed by atoms with Gasteiger partial charge in [-0.3, -0.25) is 0 Å². The first-order valence-electron chi connectivity index (χ1n) is 9.79. The predicted molar refractivity (Wildman–Crippen MR) is 117 cm³/mol. The monoisotopic (exact) mass is 391 g/mol. The van der Waals surface area contributed by atoms with Crippen molar-refractivity contribution in [3.05, 3.63) is 95.3 Å². The molecule has 0 bridgehead atoms. The van der Waals surface area contributed by atoms with Crippen LogP contribution in [-0.4, -0.2) is 25.3 Å². The molecule has 0 unspecified atom stereocenters. The fourth-order valence-corrected chi connectivity index (χ4v) is 3.33. The lowest BCUT2D eigenvalue weighted by molar-refractivity contribution is 0.318. The largest absolute Gasteiger partial charge is 0.505 e. The van der Waals surface area contributed by atoms with Gasteiger partial charge in [0.05, 0.1) is 0 Å². The highest BCUT2D eigenvalue weighted by atomic mass is 19.1. The minimum absolute atomic E-state index is 0.348. The van der Waals surface area contributed by atoms with E-state index < -0.39 is 5.82 Å². The summed E-state index contributed by atoms with van der Waals surface area (Å²) in [5.74, 6) is -0.187. The number of hydrogen-bond acceptors (Lipinski definition) is 3. The Kier molecular flexibility index (Phi) is 7.04. The van der Waals surface area contributed by atoms with Gasteiger partial charge in [0, 0.05) is 6.54 Å². The van der Waals surface area contributed by atoms with Crippen LogP contribution in [-0.2, 0) is 0 Å².